The molecule has 0 amide bonds. The number of fused-ring (bicyclic) bond motifs is 3. The van der Waals surface area contributed by atoms with Crippen molar-refractivity contribution in [3.05, 3.63) is 78.0 Å². The van der Waals surface area contributed by atoms with E-state index in [2.05, 4.69) is 43.8 Å². The average molecular weight is 439 g/mol. The molecule has 4 nitrogen and oxygen atoms in total. The average Bonchev–Trinajstić information content (AvgIpc) is 2.78. The van der Waals surface area contributed by atoms with Gasteiger partial charge in [-0.2, -0.15) is 0 Å². The maximum atomic E-state index is 12.7. The topological polar surface area (TPSA) is 28.6 Å². The first kappa shape index (κ1) is 20.8. The summed E-state index contributed by atoms with van der Waals surface area (Å²) in [5, 5.41) is 0. The highest BCUT2D eigenvalue weighted by Crippen LogP contribution is 2.38. The van der Waals surface area contributed by atoms with Gasteiger partial charge in [-0.3, -0.25) is 4.90 Å². The molecule has 1 aromatic heterocycles. The van der Waals surface area contributed by atoms with Crippen molar-refractivity contribution < 1.29 is 17.9 Å². The Hall–Kier alpha value is -3.06. The lowest BCUT2D eigenvalue weighted by Gasteiger charge is -2.45. The number of hydrogen-bond acceptors (Lipinski definition) is 4. The molecule has 7 heteroatoms. The summed E-state index contributed by atoms with van der Waals surface area (Å²) in [5.74, 6) is 0.754. The van der Waals surface area contributed by atoms with Gasteiger partial charge in [0.1, 0.15) is 11.6 Å². The zero-order valence-electron chi connectivity index (χ0n) is 17.6. The fraction of sp³-hybridized carbons (Fsp3) is 0.320. The first-order valence-corrected chi connectivity index (χ1v) is 10.8. The highest BCUT2D eigenvalue weighted by molar-refractivity contribution is 5.74. The number of alkyl halides is 3. The van der Waals surface area contributed by atoms with Crippen molar-refractivity contribution in [3.8, 4) is 16.9 Å². The first-order valence-electron chi connectivity index (χ1n) is 10.8. The molecule has 0 bridgehead atoms. The van der Waals surface area contributed by atoms with E-state index in [9.17, 15) is 13.2 Å². The maximum Gasteiger partial charge on any atom is 0.573 e. The second kappa shape index (κ2) is 8.47. The number of anilines is 1. The number of benzene rings is 2. The van der Waals surface area contributed by atoms with E-state index in [4.69, 9.17) is 0 Å². The second-order valence-corrected chi connectivity index (χ2v) is 8.34. The molecule has 2 aliphatic heterocycles. The highest BCUT2D eigenvalue weighted by Gasteiger charge is 2.34. The van der Waals surface area contributed by atoms with Crippen LogP contribution in [0.15, 0.2) is 66.9 Å². The predicted octanol–water partition coefficient (Wildman–Crippen LogP) is 5.28. The van der Waals surface area contributed by atoms with E-state index in [1.807, 2.05) is 18.2 Å². The molecule has 1 saturated heterocycles. The molecule has 3 aromatic rings. The quantitative estimate of drug-likeness (QED) is 0.553. The summed E-state index contributed by atoms with van der Waals surface area (Å²) in [6, 6.07) is 19.0. The van der Waals surface area contributed by atoms with E-state index in [0.29, 0.717) is 11.6 Å². The molecule has 166 valence electrons. The highest BCUT2D eigenvalue weighted by atomic mass is 19.4. The van der Waals surface area contributed by atoms with Gasteiger partial charge in [0.15, 0.2) is 0 Å². The molecule has 3 heterocycles. The number of piperazine rings is 1. The van der Waals surface area contributed by atoms with Crippen molar-refractivity contribution in [2.24, 2.45) is 0 Å². The Labute approximate surface area is 185 Å². The number of rotatable bonds is 4. The zero-order chi connectivity index (χ0) is 22.1. The van der Waals surface area contributed by atoms with Crippen molar-refractivity contribution >= 4 is 5.82 Å². The first-order chi connectivity index (χ1) is 15.5. The minimum atomic E-state index is -4.71. The normalized spacial score (nSPS) is 18.7. The summed E-state index contributed by atoms with van der Waals surface area (Å²) < 4.78 is 42.1. The number of ether oxygens (including phenoxy) is 1. The Morgan fingerprint density at radius 1 is 1.00 bits per heavy atom. The molecule has 0 radical (unpaired) electrons. The monoisotopic (exact) mass is 439 g/mol. The van der Waals surface area contributed by atoms with Gasteiger partial charge in [-0.25, -0.2) is 4.98 Å². The van der Waals surface area contributed by atoms with Crippen LogP contribution in [-0.2, 0) is 13.0 Å². The molecule has 1 fully saturated rings. The van der Waals surface area contributed by atoms with Gasteiger partial charge in [-0.05, 0) is 47.7 Å². The van der Waals surface area contributed by atoms with Crippen LogP contribution in [0.25, 0.3) is 11.1 Å². The van der Waals surface area contributed by atoms with Crippen LogP contribution in [0.2, 0.25) is 0 Å². The number of pyridine rings is 1. The molecule has 0 N–H and O–H groups in total. The number of aromatic nitrogens is 1. The Bertz CT molecular complexity index is 1090. The van der Waals surface area contributed by atoms with E-state index < -0.39 is 6.36 Å². The van der Waals surface area contributed by atoms with Crippen LogP contribution >= 0.6 is 0 Å². The lowest BCUT2D eigenvalue weighted by molar-refractivity contribution is -0.274. The van der Waals surface area contributed by atoms with Crippen LogP contribution < -0.4 is 9.64 Å². The third-order valence-corrected chi connectivity index (χ3v) is 6.23. The van der Waals surface area contributed by atoms with Gasteiger partial charge in [0.25, 0.3) is 0 Å². The van der Waals surface area contributed by atoms with E-state index in [0.717, 1.165) is 56.0 Å². The zero-order valence-corrected chi connectivity index (χ0v) is 17.6. The third kappa shape index (κ3) is 4.43. The van der Waals surface area contributed by atoms with Crippen LogP contribution in [0.3, 0.4) is 0 Å². The molecule has 2 aliphatic rings. The van der Waals surface area contributed by atoms with Crippen LogP contribution in [0.4, 0.5) is 19.0 Å². The summed E-state index contributed by atoms with van der Waals surface area (Å²) in [5.41, 5.74) is 4.06. The van der Waals surface area contributed by atoms with Gasteiger partial charge in [-0.1, -0.05) is 42.5 Å². The Balaban J connectivity index is 1.37. The third-order valence-electron chi connectivity index (χ3n) is 6.23. The Morgan fingerprint density at radius 2 is 1.84 bits per heavy atom. The summed E-state index contributed by atoms with van der Waals surface area (Å²) in [6.45, 7) is 3.76. The summed E-state index contributed by atoms with van der Waals surface area (Å²) >= 11 is 0. The van der Waals surface area contributed by atoms with E-state index in [1.54, 1.807) is 12.3 Å². The minimum absolute atomic E-state index is 0.205. The smallest absolute Gasteiger partial charge is 0.406 e. The van der Waals surface area contributed by atoms with Crippen LogP contribution in [0, 0.1) is 0 Å². The SMILES string of the molecule is FC(F)(F)Oc1cccc(-c2ccnc3c2CC[C@@H]2CN(Cc4ccccc4)CCN32)c1. The van der Waals surface area contributed by atoms with Crippen molar-refractivity contribution in [2.45, 2.75) is 31.8 Å². The van der Waals surface area contributed by atoms with Crippen molar-refractivity contribution in [2.75, 3.05) is 24.5 Å². The fourth-order valence-electron chi connectivity index (χ4n) is 4.85. The van der Waals surface area contributed by atoms with E-state index in [1.165, 1.54) is 17.7 Å². The molecule has 0 spiro atoms. The van der Waals surface area contributed by atoms with Crippen molar-refractivity contribution in [3.63, 3.8) is 0 Å². The van der Waals surface area contributed by atoms with Crippen molar-refractivity contribution in [1.82, 2.24) is 9.88 Å². The summed E-state index contributed by atoms with van der Waals surface area (Å²) in [6.07, 6.45) is -1.11. The van der Waals surface area contributed by atoms with Gasteiger partial charge in [0.2, 0.25) is 0 Å². The van der Waals surface area contributed by atoms with Gasteiger partial charge in [0.05, 0.1) is 0 Å². The molecular formula is C25H24F3N3O. The Morgan fingerprint density at radius 3 is 2.66 bits per heavy atom. The predicted molar refractivity (Wildman–Crippen MR) is 118 cm³/mol. The van der Waals surface area contributed by atoms with Crippen LogP contribution in [0.5, 0.6) is 5.75 Å². The minimum Gasteiger partial charge on any atom is -0.406 e. The van der Waals surface area contributed by atoms with Crippen molar-refractivity contribution in [1.29, 1.82) is 0 Å². The van der Waals surface area contributed by atoms with E-state index >= 15 is 0 Å². The van der Waals surface area contributed by atoms with Crippen LogP contribution in [0.1, 0.15) is 17.5 Å². The second-order valence-electron chi connectivity index (χ2n) is 8.34. The van der Waals surface area contributed by atoms with Gasteiger partial charge < -0.3 is 9.64 Å². The molecule has 2 aromatic carbocycles. The van der Waals surface area contributed by atoms with E-state index in [-0.39, 0.29) is 5.75 Å². The number of halogens is 3. The summed E-state index contributed by atoms with van der Waals surface area (Å²) in [7, 11) is 0. The molecule has 0 unspecified atom stereocenters. The van der Waals surface area contributed by atoms with Gasteiger partial charge in [0, 0.05) is 44.0 Å². The maximum absolute atomic E-state index is 12.7. The fourth-order valence-corrected chi connectivity index (χ4v) is 4.85. The molecule has 32 heavy (non-hydrogen) atoms. The lowest BCUT2D eigenvalue weighted by atomic mass is 9.90. The largest absolute Gasteiger partial charge is 0.573 e. The number of nitrogens with zero attached hydrogens (tertiary/aromatic N) is 3. The Kier molecular flexibility index (Phi) is 5.51. The summed E-state index contributed by atoms with van der Waals surface area (Å²) in [4.78, 5) is 9.54. The van der Waals surface area contributed by atoms with Crippen LogP contribution in [-0.4, -0.2) is 41.9 Å². The lowest BCUT2D eigenvalue weighted by Crippen LogP contribution is -2.55. The molecule has 1 atom stereocenters. The van der Waals surface area contributed by atoms with Gasteiger partial charge >= 0.3 is 6.36 Å². The molecule has 5 rings (SSSR count). The standard InChI is InChI=1S/C25H24F3N3O/c26-25(27,28)32-21-8-4-7-19(15-21)22-11-12-29-24-23(22)10-9-20-17-30(13-14-31(20)24)16-18-5-2-1-3-6-18/h1-8,11-12,15,20H,9-10,13-14,16-17H2/t20-/m1/s1. The molecule has 0 saturated carbocycles. The molecular weight excluding hydrogens is 415 g/mol. The number of hydrogen-bond donors (Lipinski definition) is 0. The van der Waals surface area contributed by atoms with Gasteiger partial charge in [-0.15, -0.1) is 13.2 Å². The molecule has 0 aliphatic carbocycles.